The smallest absolute Gasteiger partial charge is 0.326 e. The number of carbonyl (C=O) groups is 3. The van der Waals surface area contributed by atoms with E-state index in [-0.39, 0.29) is 27.8 Å². The molecular weight excluding hydrogens is 298 g/mol. The fourth-order valence-electron chi connectivity index (χ4n) is 2.45. The molecule has 0 radical (unpaired) electrons. The lowest BCUT2D eigenvalue weighted by Crippen LogP contribution is -2.40. The summed E-state index contributed by atoms with van der Waals surface area (Å²) in [4.78, 5) is 36.0. The average molecular weight is 317 g/mol. The minimum atomic E-state index is -0.976. The monoisotopic (exact) mass is 317 g/mol. The van der Waals surface area contributed by atoms with Crippen LogP contribution in [0.15, 0.2) is 18.2 Å². The van der Waals surface area contributed by atoms with Crippen LogP contribution in [0.1, 0.15) is 48.4 Å². The summed E-state index contributed by atoms with van der Waals surface area (Å²) in [5.74, 6) is -1.44. The summed E-state index contributed by atoms with van der Waals surface area (Å²) < 4.78 is 0.781. The van der Waals surface area contributed by atoms with Crippen LogP contribution in [-0.4, -0.2) is 32.9 Å². The first-order valence-electron chi connectivity index (χ1n) is 7.04. The quantitative estimate of drug-likeness (QED) is 0.735. The second-order valence-corrected chi connectivity index (χ2v) is 6.33. The van der Waals surface area contributed by atoms with Gasteiger partial charge in [-0.2, -0.15) is 0 Å². The molecule has 0 atom stereocenters. The molecular formula is C16H19N3O4. The van der Waals surface area contributed by atoms with Crippen molar-refractivity contribution in [1.82, 2.24) is 9.88 Å². The highest BCUT2D eigenvalue weighted by Gasteiger charge is 2.28. The summed E-state index contributed by atoms with van der Waals surface area (Å²) >= 11 is 0. The number of rotatable bonds is 2. The van der Waals surface area contributed by atoms with Crippen molar-refractivity contribution in [2.75, 3.05) is 0 Å². The van der Waals surface area contributed by atoms with Gasteiger partial charge in [0.05, 0.1) is 5.52 Å². The van der Waals surface area contributed by atoms with Crippen molar-refractivity contribution in [2.45, 2.75) is 33.2 Å². The number of hydrogen-bond acceptors (Lipinski definition) is 4. The Hall–Kier alpha value is -2.83. The second-order valence-electron chi connectivity index (χ2n) is 6.33. The maximum absolute atomic E-state index is 12.5. The Morgan fingerprint density at radius 2 is 1.83 bits per heavy atom. The van der Waals surface area contributed by atoms with Gasteiger partial charge < -0.3 is 16.2 Å². The van der Waals surface area contributed by atoms with E-state index in [9.17, 15) is 19.5 Å². The zero-order chi connectivity index (χ0) is 17.5. The lowest BCUT2D eigenvalue weighted by molar-refractivity contribution is 0.0917. The highest BCUT2D eigenvalue weighted by Crippen LogP contribution is 2.33. The fraction of sp³-hybridized carbons (Fsp3) is 0.312. The highest BCUT2D eigenvalue weighted by atomic mass is 16.3. The van der Waals surface area contributed by atoms with E-state index in [0.29, 0.717) is 0 Å². The number of primary amides is 1. The van der Waals surface area contributed by atoms with Gasteiger partial charge in [0.1, 0.15) is 5.56 Å². The van der Waals surface area contributed by atoms with E-state index in [1.807, 2.05) is 0 Å². The Balaban J connectivity index is 2.85. The van der Waals surface area contributed by atoms with E-state index in [0.717, 1.165) is 4.57 Å². The van der Waals surface area contributed by atoms with Crippen LogP contribution in [0.4, 0.5) is 4.79 Å². The molecule has 0 spiro atoms. The number of ketones is 1. The third-order valence-electron chi connectivity index (χ3n) is 3.28. The summed E-state index contributed by atoms with van der Waals surface area (Å²) in [7, 11) is 0. The van der Waals surface area contributed by atoms with Gasteiger partial charge in [0.15, 0.2) is 5.78 Å². The lowest BCUT2D eigenvalue weighted by atomic mass is 10.0. The number of amides is 2. The van der Waals surface area contributed by atoms with Crippen LogP contribution >= 0.6 is 0 Å². The van der Waals surface area contributed by atoms with Crippen molar-refractivity contribution >= 4 is 28.6 Å². The maximum Gasteiger partial charge on any atom is 0.326 e. The maximum atomic E-state index is 12.5. The van der Waals surface area contributed by atoms with Crippen LogP contribution in [0.25, 0.3) is 10.9 Å². The Bertz CT molecular complexity index is 828. The molecule has 0 aliphatic heterocycles. The molecule has 2 amide bonds. The van der Waals surface area contributed by atoms with Crippen LogP contribution in [0, 0.1) is 0 Å². The van der Waals surface area contributed by atoms with Gasteiger partial charge in [-0.25, -0.2) is 9.36 Å². The molecule has 7 nitrogen and oxygen atoms in total. The first-order valence-corrected chi connectivity index (χ1v) is 7.04. The molecule has 0 saturated heterocycles. The molecule has 0 aliphatic rings. The summed E-state index contributed by atoms with van der Waals surface area (Å²) in [5.41, 5.74) is 5.02. The van der Waals surface area contributed by atoms with Crippen LogP contribution in [-0.2, 0) is 0 Å². The Labute approximate surface area is 133 Å². The number of Topliss-reactive ketones (excluding diaryl/α,β-unsaturated/α-hetero) is 1. The van der Waals surface area contributed by atoms with Gasteiger partial charge in [-0.05, 0) is 33.8 Å². The van der Waals surface area contributed by atoms with Gasteiger partial charge in [0, 0.05) is 16.5 Å². The fourth-order valence-corrected chi connectivity index (χ4v) is 2.45. The SMILES string of the molecule is CC(=O)c1cccc2c(C(=O)NC(C)(C)C)c(O)n(C(N)=O)c12. The molecule has 0 bridgehead atoms. The summed E-state index contributed by atoms with van der Waals surface area (Å²) in [6.45, 7) is 6.70. The molecule has 0 unspecified atom stereocenters. The van der Waals surface area contributed by atoms with Crippen LogP contribution in [0.5, 0.6) is 5.88 Å². The van der Waals surface area contributed by atoms with E-state index in [4.69, 9.17) is 5.73 Å². The molecule has 122 valence electrons. The second kappa shape index (κ2) is 5.42. The molecule has 1 aromatic carbocycles. The number of aromatic hydroxyl groups is 1. The van der Waals surface area contributed by atoms with Gasteiger partial charge in [0.25, 0.3) is 5.91 Å². The van der Waals surface area contributed by atoms with E-state index in [1.165, 1.54) is 13.0 Å². The van der Waals surface area contributed by atoms with E-state index in [1.54, 1.807) is 32.9 Å². The molecule has 7 heteroatoms. The molecule has 4 N–H and O–H groups in total. The number of hydrogen-bond donors (Lipinski definition) is 3. The van der Waals surface area contributed by atoms with Crippen molar-refractivity contribution in [3.8, 4) is 5.88 Å². The van der Waals surface area contributed by atoms with E-state index >= 15 is 0 Å². The topological polar surface area (TPSA) is 114 Å². The molecule has 0 fully saturated rings. The predicted molar refractivity (Wildman–Crippen MR) is 85.8 cm³/mol. The minimum absolute atomic E-state index is 0.0863. The number of nitrogens with one attached hydrogen (secondary N) is 1. The van der Waals surface area contributed by atoms with Gasteiger partial charge >= 0.3 is 6.03 Å². The number of benzene rings is 1. The first kappa shape index (κ1) is 16.5. The molecule has 1 aromatic heterocycles. The van der Waals surface area contributed by atoms with Crippen molar-refractivity contribution < 1.29 is 19.5 Å². The minimum Gasteiger partial charge on any atom is -0.494 e. The Kier molecular flexibility index (Phi) is 3.90. The largest absolute Gasteiger partial charge is 0.494 e. The molecule has 23 heavy (non-hydrogen) atoms. The number of aromatic nitrogens is 1. The van der Waals surface area contributed by atoms with Gasteiger partial charge in [-0.15, -0.1) is 0 Å². The molecule has 0 saturated carbocycles. The predicted octanol–water partition coefficient (Wildman–Crippen LogP) is 2.00. The number of carbonyl (C=O) groups excluding carboxylic acids is 3. The Morgan fingerprint density at radius 3 is 2.30 bits per heavy atom. The van der Waals surface area contributed by atoms with E-state index < -0.39 is 23.4 Å². The summed E-state index contributed by atoms with van der Waals surface area (Å²) in [6.07, 6.45) is 0. The van der Waals surface area contributed by atoms with Crippen LogP contribution in [0.3, 0.4) is 0 Å². The van der Waals surface area contributed by atoms with Crippen LogP contribution < -0.4 is 11.1 Å². The molecule has 2 rings (SSSR count). The number of nitrogens with two attached hydrogens (primary N) is 1. The molecule has 0 aliphatic carbocycles. The van der Waals surface area contributed by atoms with Gasteiger partial charge in [-0.1, -0.05) is 12.1 Å². The number of fused-ring (bicyclic) bond motifs is 1. The molecule has 2 aromatic rings. The van der Waals surface area contributed by atoms with Crippen molar-refractivity contribution in [3.63, 3.8) is 0 Å². The first-order chi connectivity index (χ1) is 10.5. The lowest BCUT2D eigenvalue weighted by Gasteiger charge is -2.20. The third-order valence-corrected chi connectivity index (χ3v) is 3.28. The highest BCUT2D eigenvalue weighted by molar-refractivity contribution is 6.17. The standard InChI is InChI=1S/C16H19N3O4/c1-8(20)9-6-5-7-10-11(13(21)18-16(2,3)4)14(22)19(12(9)10)15(17)23/h5-7,22H,1-4H3,(H2,17,23)(H,18,21). The Morgan fingerprint density at radius 1 is 1.22 bits per heavy atom. The normalized spacial score (nSPS) is 11.5. The van der Waals surface area contributed by atoms with E-state index in [2.05, 4.69) is 5.32 Å². The van der Waals surface area contributed by atoms with Crippen molar-refractivity contribution in [1.29, 1.82) is 0 Å². The third kappa shape index (κ3) is 2.90. The number of nitrogens with zero attached hydrogens (tertiary/aromatic N) is 1. The zero-order valence-electron chi connectivity index (χ0n) is 13.4. The zero-order valence-corrected chi connectivity index (χ0v) is 13.4. The summed E-state index contributed by atoms with van der Waals surface area (Å²) in [6, 6.07) is 3.67. The summed E-state index contributed by atoms with van der Waals surface area (Å²) in [5, 5.41) is 13.4. The van der Waals surface area contributed by atoms with Crippen molar-refractivity contribution in [3.05, 3.63) is 29.3 Å². The molecule has 1 heterocycles. The van der Waals surface area contributed by atoms with Gasteiger partial charge in [0.2, 0.25) is 5.88 Å². The van der Waals surface area contributed by atoms with Crippen molar-refractivity contribution in [2.24, 2.45) is 5.73 Å². The van der Waals surface area contributed by atoms with Gasteiger partial charge in [-0.3, -0.25) is 9.59 Å². The van der Waals surface area contributed by atoms with Crippen LogP contribution in [0.2, 0.25) is 0 Å². The number of para-hydroxylation sites is 1. The average Bonchev–Trinajstić information content (AvgIpc) is 2.67.